The van der Waals surface area contributed by atoms with E-state index in [0.29, 0.717) is 5.13 Å². The highest BCUT2D eigenvalue weighted by Crippen LogP contribution is 2.30. The Balaban J connectivity index is 1.62. The predicted molar refractivity (Wildman–Crippen MR) is 109 cm³/mol. The molecule has 2 amide bonds. The summed E-state index contributed by atoms with van der Waals surface area (Å²) in [4.78, 5) is 28.6. The number of rotatable bonds is 5. The molecule has 0 unspecified atom stereocenters. The van der Waals surface area contributed by atoms with Crippen molar-refractivity contribution in [2.75, 3.05) is 11.9 Å². The van der Waals surface area contributed by atoms with Gasteiger partial charge in [0.1, 0.15) is 5.82 Å². The zero-order valence-corrected chi connectivity index (χ0v) is 16.6. The maximum absolute atomic E-state index is 13.2. The van der Waals surface area contributed by atoms with E-state index in [0.717, 1.165) is 28.5 Å². The molecule has 0 fully saturated rings. The Morgan fingerprint density at radius 1 is 1.11 bits per heavy atom. The average molecular weight is 397 g/mol. The lowest BCUT2D eigenvalue weighted by Gasteiger charge is -2.09. The summed E-state index contributed by atoms with van der Waals surface area (Å²) in [5, 5.41) is 7.50. The maximum Gasteiger partial charge on any atom is 0.251 e. The summed E-state index contributed by atoms with van der Waals surface area (Å²) in [5.41, 5.74) is 5.47. The third-order valence-corrected chi connectivity index (χ3v) is 4.94. The van der Waals surface area contributed by atoms with E-state index in [-0.39, 0.29) is 12.1 Å². The van der Waals surface area contributed by atoms with Gasteiger partial charge in [0, 0.05) is 16.5 Å². The maximum atomic E-state index is 13.2. The van der Waals surface area contributed by atoms with Crippen LogP contribution in [0.25, 0.3) is 11.3 Å². The third kappa shape index (κ3) is 4.61. The molecule has 2 N–H and O–H groups in total. The first-order valence-corrected chi connectivity index (χ1v) is 9.59. The van der Waals surface area contributed by atoms with Crippen molar-refractivity contribution in [1.29, 1.82) is 0 Å². The fraction of sp³-hybridized carbons (Fsp3) is 0.190. The number of nitrogens with one attached hydrogen (secondary N) is 2. The van der Waals surface area contributed by atoms with Gasteiger partial charge >= 0.3 is 0 Å². The Hall–Kier alpha value is -3.06. The number of thiazole rings is 1. The molecular weight excluding hydrogens is 377 g/mol. The number of aryl methyl sites for hydroxylation is 3. The minimum absolute atomic E-state index is 0.162. The summed E-state index contributed by atoms with van der Waals surface area (Å²) >= 11 is 1.32. The summed E-state index contributed by atoms with van der Waals surface area (Å²) in [6.07, 6.45) is 0. The summed E-state index contributed by atoms with van der Waals surface area (Å²) in [7, 11) is 0. The van der Waals surface area contributed by atoms with Gasteiger partial charge < -0.3 is 10.6 Å². The van der Waals surface area contributed by atoms with Gasteiger partial charge in [-0.05, 0) is 50.1 Å². The second-order valence-corrected chi connectivity index (χ2v) is 7.41. The first-order chi connectivity index (χ1) is 13.3. The van der Waals surface area contributed by atoms with Crippen molar-refractivity contribution in [1.82, 2.24) is 10.3 Å². The lowest BCUT2D eigenvalue weighted by atomic mass is 9.98. The van der Waals surface area contributed by atoms with E-state index in [1.54, 1.807) is 0 Å². The van der Waals surface area contributed by atoms with Crippen molar-refractivity contribution < 1.29 is 14.0 Å². The van der Waals surface area contributed by atoms with Crippen LogP contribution in [0.15, 0.2) is 41.8 Å². The lowest BCUT2D eigenvalue weighted by molar-refractivity contribution is -0.115. The molecule has 3 aromatic rings. The highest BCUT2D eigenvalue weighted by atomic mass is 32.1. The number of benzene rings is 2. The van der Waals surface area contributed by atoms with Crippen molar-refractivity contribution in [3.63, 3.8) is 0 Å². The smallest absolute Gasteiger partial charge is 0.251 e. The predicted octanol–water partition coefficient (Wildman–Crippen LogP) is 4.24. The van der Waals surface area contributed by atoms with Crippen molar-refractivity contribution in [2.24, 2.45) is 0 Å². The Morgan fingerprint density at radius 3 is 2.50 bits per heavy atom. The molecule has 0 atom stereocenters. The van der Waals surface area contributed by atoms with Crippen LogP contribution in [0.2, 0.25) is 0 Å². The molecule has 0 aliphatic rings. The summed E-state index contributed by atoms with van der Waals surface area (Å²) in [6, 6.07) is 9.49. The van der Waals surface area contributed by atoms with Crippen molar-refractivity contribution in [2.45, 2.75) is 20.8 Å². The molecule has 2 aromatic carbocycles. The minimum atomic E-state index is -0.514. The van der Waals surface area contributed by atoms with E-state index in [9.17, 15) is 14.0 Å². The number of carbonyl (C=O) groups excluding carboxylic acids is 2. The standard InChI is InChI=1S/C21H20FN3O2S/c1-12-7-13(2)19(14(3)8-12)17-11-28-21(24-17)25-18(26)10-23-20(27)15-5-4-6-16(22)9-15/h4-9,11H,10H2,1-3H3,(H,23,27)(H,24,25,26). The van der Waals surface area contributed by atoms with Crippen LogP contribution in [0.1, 0.15) is 27.0 Å². The van der Waals surface area contributed by atoms with Crippen molar-refractivity contribution >= 4 is 28.3 Å². The highest BCUT2D eigenvalue weighted by molar-refractivity contribution is 7.14. The molecule has 1 heterocycles. The van der Waals surface area contributed by atoms with Gasteiger partial charge in [-0.25, -0.2) is 9.37 Å². The van der Waals surface area contributed by atoms with E-state index in [1.165, 1.54) is 35.1 Å². The van der Waals surface area contributed by atoms with Crippen LogP contribution in [0.5, 0.6) is 0 Å². The number of nitrogens with zero attached hydrogens (tertiary/aromatic N) is 1. The molecular formula is C21H20FN3O2S. The first-order valence-electron chi connectivity index (χ1n) is 8.71. The molecule has 0 aliphatic carbocycles. The molecule has 7 heteroatoms. The summed E-state index contributed by atoms with van der Waals surface area (Å²) in [6.45, 7) is 5.89. The summed E-state index contributed by atoms with van der Waals surface area (Å²) in [5.74, 6) is -1.42. The third-order valence-electron chi connectivity index (χ3n) is 4.18. The number of hydrogen-bond acceptors (Lipinski definition) is 4. The van der Waals surface area contributed by atoms with Gasteiger partial charge in [0.25, 0.3) is 5.91 Å². The molecule has 0 saturated carbocycles. The molecule has 3 rings (SSSR count). The monoisotopic (exact) mass is 397 g/mol. The molecule has 0 saturated heterocycles. The van der Waals surface area contributed by atoms with Gasteiger partial charge in [-0.1, -0.05) is 23.8 Å². The minimum Gasteiger partial charge on any atom is -0.343 e. The molecule has 0 spiro atoms. The van der Waals surface area contributed by atoms with Gasteiger partial charge in [0.15, 0.2) is 5.13 Å². The number of carbonyl (C=O) groups is 2. The van der Waals surface area contributed by atoms with Crippen LogP contribution in [-0.4, -0.2) is 23.3 Å². The molecule has 0 bridgehead atoms. The number of aromatic nitrogens is 1. The van der Waals surface area contributed by atoms with Crippen LogP contribution in [0.4, 0.5) is 9.52 Å². The van der Waals surface area contributed by atoms with E-state index in [1.807, 2.05) is 19.2 Å². The SMILES string of the molecule is Cc1cc(C)c(-c2csc(NC(=O)CNC(=O)c3cccc(F)c3)n2)c(C)c1. The van der Waals surface area contributed by atoms with Gasteiger partial charge in [-0.15, -0.1) is 11.3 Å². The second-order valence-electron chi connectivity index (χ2n) is 6.55. The normalized spacial score (nSPS) is 10.6. The van der Waals surface area contributed by atoms with E-state index in [2.05, 4.69) is 34.7 Å². The zero-order valence-electron chi connectivity index (χ0n) is 15.8. The van der Waals surface area contributed by atoms with Crippen molar-refractivity contribution in [3.8, 4) is 11.3 Å². The van der Waals surface area contributed by atoms with Gasteiger partial charge in [-0.3, -0.25) is 9.59 Å². The number of anilines is 1. The fourth-order valence-electron chi connectivity index (χ4n) is 3.09. The largest absolute Gasteiger partial charge is 0.343 e. The van der Waals surface area contributed by atoms with Crippen LogP contribution in [0.3, 0.4) is 0 Å². The zero-order chi connectivity index (χ0) is 20.3. The van der Waals surface area contributed by atoms with Gasteiger partial charge in [0.05, 0.1) is 12.2 Å². The molecule has 28 heavy (non-hydrogen) atoms. The Morgan fingerprint density at radius 2 is 1.82 bits per heavy atom. The quantitative estimate of drug-likeness (QED) is 0.676. The second kappa shape index (κ2) is 8.31. The first kappa shape index (κ1) is 19.7. The molecule has 144 valence electrons. The van der Waals surface area contributed by atoms with E-state index in [4.69, 9.17) is 0 Å². The molecule has 1 aromatic heterocycles. The molecule has 0 radical (unpaired) electrons. The molecule has 5 nitrogen and oxygen atoms in total. The molecule has 0 aliphatic heterocycles. The Kier molecular flexibility index (Phi) is 5.84. The number of halogens is 1. The average Bonchev–Trinajstić information content (AvgIpc) is 3.06. The van der Waals surface area contributed by atoms with E-state index >= 15 is 0 Å². The Bertz CT molecular complexity index is 1020. The highest BCUT2D eigenvalue weighted by Gasteiger charge is 2.13. The van der Waals surface area contributed by atoms with Crippen LogP contribution >= 0.6 is 11.3 Å². The topological polar surface area (TPSA) is 71.1 Å². The van der Waals surface area contributed by atoms with E-state index < -0.39 is 17.6 Å². The number of hydrogen-bond donors (Lipinski definition) is 2. The van der Waals surface area contributed by atoms with Crippen LogP contribution < -0.4 is 10.6 Å². The number of amides is 2. The van der Waals surface area contributed by atoms with Crippen LogP contribution in [0, 0.1) is 26.6 Å². The lowest BCUT2D eigenvalue weighted by Crippen LogP contribution is -2.32. The fourth-order valence-corrected chi connectivity index (χ4v) is 3.80. The Labute approximate surface area is 166 Å². The van der Waals surface area contributed by atoms with Crippen molar-refractivity contribution in [3.05, 3.63) is 69.8 Å². The summed E-state index contributed by atoms with van der Waals surface area (Å²) < 4.78 is 13.2. The van der Waals surface area contributed by atoms with Gasteiger partial charge in [-0.2, -0.15) is 0 Å². The van der Waals surface area contributed by atoms with Crippen LogP contribution in [-0.2, 0) is 4.79 Å². The van der Waals surface area contributed by atoms with Gasteiger partial charge in [0.2, 0.25) is 5.91 Å².